The first-order valence-electron chi connectivity index (χ1n) is 6.44. The molecule has 0 spiro atoms. The summed E-state index contributed by atoms with van der Waals surface area (Å²) in [6, 6.07) is 5.87. The van der Waals surface area contributed by atoms with Crippen molar-refractivity contribution in [2.24, 2.45) is 0 Å². The van der Waals surface area contributed by atoms with E-state index in [-0.39, 0.29) is 10.9 Å². The molecule has 0 amide bonds. The third-order valence-corrected chi connectivity index (χ3v) is 4.78. The van der Waals surface area contributed by atoms with E-state index in [2.05, 4.69) is 5.32 Å². The smallest absolute Gasteiger partial charge is 0.310 e. The molecule has 1 aromatic carbocycles. The maximum absolute atomic E-state index is 12.3. The molecule has 0 saturated carbocycles. The topological polar surface area (TPSA) is 49.4 Å². The molecule has 1 rings (SSSR count). The van der Waals surface area contributed by atoms with Gasteiger partial charge >= 0.3 is 6.18 Å². The summed E-state index contributed by atoms with van der Waals surface area (Å²) in [6.45, 7) is 2.96. The van der Waals surface area contributed by atoms with E-state index in [9.17, 15) is 21.6 Å². The lowest BCUT2D eigenvalue weighted by Crippen LogP contribution is -2.35. The van der Waals surface area contributed by atoms with Crippen molar-refractivity contribution in [3.63, 3.8) is 0 Å². The molecular weight excluding hydrogens is 305 g/mol. The van der Waals surface area contributed by atoms with Crippen LogP contribution in [0.5, 0.6) is 0 Å². The summed E-state index contributed by atoms with van der Waals surface area (Å²) in [5.74, 6) is 0. The molecule has 4 nitrogen and oxygen atoms in total. The minimum Gasteiger partial charge on any atom is -0.310 e. The number of nitrogens with zero attached hydrogens (tertiary/aromatic N) is 1. The Morgan fingerprint density at radius 3 is 2.48 bits per heavy atom. The standard InChI is InChI=1S/C13H19F3N2O2S/c1-4-17-10(2)11-6-5-7-12(8-11)21(19,20)18(3)9-13(14,15)16/h5-8,10,17H,4,9H2,1-3H3. The van der Waals surface area contributed by atoms with Crippen molar-refractivity contribution in [2.75, 3.05) is 20.1 Å². The molecule has 1 aromatic rings. The Labute approximate surface area is 123 Å². The first-order chi connectivity index (χ1) is 9.58. The molecule has 120 valence electrons. The second-order valence-electron chi connectivity index (χ2n) is 4.73. The predicted molar refractivity (Wildman–Crippen MR) is 74.4 cm³/mol. The van der Waals surface area contributed by atoms with E-state index < -0.39 is 22.7 Å². The Morgan fingerprint density at radius 2 is 1.95 bits per heavy atom. The quantitative estimate of drug-likeness (QED) is 0.875. The van der Waals surface area contributed by atoms with Gasteiger partial charge in [-0.3, -0.25) is 0 Å². The van der Waals surface area contributed by atoms with E-state index in [0.29, 0.717) is 16.4 Å². The van der Waals surface area contributed by atoms with Crippen molar-refractivity contribution in [2.45, 2.75) is 31.0 Å². The second kappa shape index (κ2) is 6.76. The minimum absolute atomic E-state index is 0.0851. The van der Waals surface area contributed by atoms with Gasteiger partial charge in [-0.1, -0.05) is 19.1 Å². The molecule has 0 aromatic heterocycles. The van der Waals surface area contributed by atoms with E-state index in [4.69, 9.17) is 0 Å². The molecule has 8 heteroatoms. The van der Waals surface area contributed by atoms with E-state index >= 15 is 0 Å². The minimum atomic E-state index is -4.57. The summed E-state index contributed by atoms with van der Waals surface area (Å²) in [6.07, 6.45) is -4.57. The highest BCUT2D eigenvalue weighted by atomic mass is 32.2. The van der Waals surface area contributed by atoms with Crippen molar-refractivity contribution in [3.8, 4) is 0 Å². The van der Waals surface area contributed by atoms with Crippen LogP contribution in [0.2, 0.25) is 0 Å². The average molecular weight is 324 g/mol. The fourth-order valence-electron chi connectivity index (χ4n) is 1.89. The predicted octanol–water partition coefficient (Wildman–Crippen LogP) is 2.54. The number of halogens is 3. The van der Waals surface area contributed by atoms with Crippen LogP contribution in [-0.2, 0) is 10.0 Å². The molecule has 0 fully saturated rings. The van der Waals surface area contributed by atoms with Crippen molar-refractivity contribution in [1.29, 1.82) is 0 Å². The SMILES string of the molecule is CCNC(C)c1cccc(S(=O)(=O)N(C)CC(F)(F)F)c1. The highest BCUT2D eigenvalue weighted by Gasteiger charge is 2.34. The zero-order valence-electron chi connectivity index (χ0n) is 12.1. The summed E-state index contributed by atoms with van der Waals surface area (Å²) in [5, 5.41) is 3.12. The number of sulfonamides is 1. The van der Waals surface area contributed by atoms with Gasteiger partial charge in [0.15, 0.2) is 0 Å². The number of hydrogen-bond donors (Lipinski definition) is 1. The number of nitrogens with one attached hydrogen (secondary N) is 1. The monoisotopic (exact) mass is 324 g/mol. The van der Waals surface area contributed by atoms with Gasteiger partial charge in [-0.05, 0) is 31.2 Å². The third kappa shape index (κ3) is 4.98. The number of rotatable bonds is 6. The molecule has 1 unspecified atom stereocenters. The highest BCUT2D eigenvalue weighted by Crippen LogP contribution is 2.23. The van der Waals surface area contributed by atoms with E-state index in [1.54, 1.807) is 6.07 Å². The van der Waals surface area contributed by atoms with Gasteiger partial charge in [0, 0.05) is 13.1 Å². The normalized spacial score (nSPS) is 14.4. The van der Waals surface area contributed by atoms with Crippen molar-refractivity contribution in [3.05, 3.63) is 29.8 Å². The van der Waals surface area contributed by atoms with E-state index in [1.165, 1.54) is 18.2 Å². The van der Waals surface area contributed by atoms with Crippen molar-refractivity contribution in [1.82, 2.24) is 9.62 Å². The van der Waals surface area contributed by atoms with Gasteiger partial charge in [0.05, 0.1) is 4.90 Å². The second-order valence-corrected chi connectivity index (χ2v) is 6.77. The van der Waals surface area contributed by atoms with Crippen LogP contribution in [-0.4, -0.2) is 39.0 Å². The molecule has 1 atom stereocenters. The molecule has 0 aliphatic carbocycles. The fraction of sp³-hybridized carbons (Fsp3) is 0.538. The Bertz CT molecular complexity index is 573. The first-order valence-corrected chi connectivity index (χ1v) is 7.88. The number of alkyl halides is 3. The van der Waals surface area contributed by atoms with E-state index in [1.807, 2.05) is 13.8 Å². The van der Waals surface area contributed by atoms with Crippen LogP contribution < -0.4 is 5.32 Å². The molecule has 1 N–H and O–H groups in total. The zero-order chi connectivity index (χ0) is 16.3. The summed E-state index contributed by atoms with van der Waals surface area (Å²) in [5.41, 5.74) is 0.707. The molecular formula is C13H19F3N2O2S. The maximum Gasteiger partial charge on any atom is 0.402 e. The van der Waals surface area contributed by atoms with Crippen LogP contribution in [0.25, 0.3) is 0 Å². The average Bonchev–Trinajstić information content (AvgIpc) is 2.37. The van der Waals surface area contributed by atoms with Crippen LogP contribution in [0.4, 0.5) is 13.2 Å². The molecule has 0 bridgehead atoms. The Hall–Kier alpha value is -1.12. The van der Waals surface area contributed by atoms with Gasteiger partial charge in [-0.15, -0.1) is 0 Å². The summed E-state index contributed by atoms with van der Waals surface area (Å²) in [4.78, 5) is -0.142. The summed E-state index contributed by atoms with van der Waals surface area (Å²) in [7, 11) is -3.24. The van der Waals surface area contributed by atoms with Gasteiger partial charge in [-0.2, -0.15) is 17.5 Å². The molecule has 0 aliphatic heterocycles. The van der Waals surface area contributed by atoms with E-state index in [0.717, 1.165) is 7.05 Å². The van der Waals surface area contributed by atoms with Crippen molar-refractivity contribution >= 4 is 10.0 Å². The lowest BCUT2D eigenvalue weighted by molar-refractivity contribution is -0.134. The summed E-state index contributed by atoms with van der Waals surface area (Å²) >= 11 is 0. The maximum atomic E-state index is 12.3. The molecule has 0 aliphatic rings. The lowest BCUT2D eigenvalue weighted by atomic mass is 10.1. The highest BCUT2D eigenvalue weighted by molar-refractivity contribution is 7.89. The summed E-state index contributed by atoms with van der Waals surface area (Å²) < 4.78 is 61.6. The van der Waals surface area contributed by atoms with Crippen molar-refractivity contribution < 1.29 is 21.6 Å². The molecule has 0 radical (unpaired) electrons. The van der Waals surface area contributed by atoms with Crippen LogP contribution >= 0.6 is 0 Å². The van der Waals surface area contributed by atoms with Crippen LogP contribution in [0.1, 0.15) is 25.5 Å². The number of benzene rings is 1. The first kappa shape index (κ1) is 17.9. The van der Waals surface area contributed by atoms with Gasteiger partial charge in [-0.25, -0.2) is 8.42 Å². The third-order valence-electron chi connectivity index (χ3n) is 2.98. The largest absolute Gasteiger partial charge is 0.402 e. The molecule has 21 heavy (non-hydrogen) atoms. The molecule has 0 heterocycles. The zero-order valence-corrected chi connectivity index (χ0v) is 12.9. The van der Waals surface area contributed by atoms with Gasteiger partial charge in [0.25, 0.3) is 0 Å². The van der Waals surface area contributed by atoms with Crippen LogP contribution in [0, 0.1) is 0 Å². The van der Waals surface area contributed by atoms with Crippen LogP contribution in [0.15, 0.2) is 29.2 Å². The molecule has 0 saturated heterocycles. The lowest BCUT2D eigenvalue weighted by Gasteiger charge is -2.20. The van der Waals surface area contributed by atoms with Crippen LogP contribution in [0.3, 0.4) is 0 Å². The Morgan fingerprint density at radius 1 is 1.33 bits per heavy atom. The van der Waals surface area contributed by atoms with Gasteiger partial charge in [0.1, 0.15) is 6.54 Å². The Kier molecular flexibility index (Phi) is 5.77. The Balaban J connectivity index is 3.06. The fourth-order valence-corrected chi connectivity index (χ4v) is 3.10. The number of hydrogen-bond acceptors (Lipinski definition) is 3. The van der Waals surface area contributed by atoms with Gasteiger partial charge in [0.2, 0.25) is 10.0 Å². The van der Waals surface area contributed by atoms with Gasteiger partial charge < -0.3 is 5.32 Å².